The number of amides is 1. The summed E-state index contributed by atoms with van der Waals surface area (Å²) in [6.07, 6.45) is 5.68. The highest BCUT2D eigenvalue weighted by atomic mass is 16.5. The van der Waals surface area contributed by atoms with Crippen molar-refractivity contribution in [3.63, 3.8) is 0 Å². The number of nitrogens with zero attached hydrogens (tertiary/aromatic N) is 6. The van der Waals surface area contributed by atoms with E-state index >= 15 is 0 Å². The Labute approximate surface area is 245 Å². The van der Waals surface area contributed by atoms with E-state index in [4.69, 9.17) is 14.6 Å². The van der Waals surface area contributed by atoms with Gasteiger partial charge in [0, 0.05) is 28.9 Å². The van der Waals surface area contributed by atoms with Crippen molar-refractivity contribution in [3.8, 4) is 22.5 Å². The Kier molecular flexibility index (Phi) is 6.95. The summed E-state index contributed by atoms with van der Waals surface area (Å²) in [5.41, 5.74) is 8.74. The predicted octanol–water partition coefficient (Wildman–Crippen LogP) is 6.56. The van der Waals surface area contributed by atoms with Crippen LogP contribution in [0, 0.1) is 13.8 Å². The third-order valence-corrected chi connectivity index (χ3v) is 8.03. The van der Waals surface area contributed by atoms with Gasteiger partial charge >= 0.3 is 0 Å². The molecule has 10 nitrogen and oxygen atoms in total. The lowest BCUT2D eigenvalue weighted by Gasteiger charge is -2.19. The van der Waals surface area contributed by atoms with Crippen LogP contribution in [0.2, 0.25) is 0 Å². The Morgan fingerprint density at radius 2 is 1.95 bits per heavy atom. The van der Waals surface area contributed by atoms with E-state index in [9.17, 15) is 4.79 Å². The highest BCUT2D eigenvalue weighted by Gasteiger charge is 2.27. The van der Waals surface area contributed by atoms with Crippen LogP contribution in [0.25, 0.3) is 33.7 Å². The van der Waals surface area contributed by atoms with Crippen LogP contribution in [0.15, 0.2) is 35.0 Å². The van der Waals surface area contributed by atoms with Crippen LogP contribution in [-0.4, -0.2) is 40.8 Å². The SMILES string of the molecule is Cc1nn(C(C)C)c(C)c1-c1nc2c(-c3ccc4c(c3)CCCC[C@@H]4NC(=O)c3noc(C(C)(C)C)n3)ccnc2[nH]1. The maximum Gasteiger partial charge on any atom is 0.293 e. The first-order valence-electron chi connectivity index (χ1n) is 14.7. The minimum absolute atomic E-state index is 0.0697. The minimum Gasteiger partial charge on any atom is -0.342 e. The number of nitrogens with one attached hydrogen (secondary N) is 2. The van der Waals surface area contributed by atoms with E-state index in [-0.39, 0.29) is 29.2 Å². The molecule has 4 aromatic heterocycles. The molecular weight excluding hydrogens is 528 g/mol. The van der Waals surface area contributed by atoms with Crippen LogP contribution in [0.3, 0.4) is 0 Å². The molecule has 1 amide bonds. The third kappa shape index (κ3) is 4.99. The fourth-order valence-electron chi connectivity index (χ4n) is 5.91. The molecule has 1 aliphatic carbocycles. The number of carbonyl (C=O) groups is 1. The average molecular weight is 567 g/mol. The number of carbonyl (C=O) groups excluding carboxylic acids is 1. The maximum atomic E-state index is 13.1. The monoisotopic (exact) mass is 566 g/mol. The minimum atomic E-state index is -0.321. The van der Waals surface area contributed by atoms with E-state index in [0.29, 0.717) is 5.89 Å². The molecule has 0 fully saturated rings. The van der Waals surface area contributed by atoms with Gasteiger partial charge in [0.05, 0.1) is 17.3 Å². The van der Waals surface area contributed by atoms with Crippen LogP contribution in [0.4, 0.5) is 0 Å². The molecule has 0 saturated heterocycles. The molecule has 0 unspecified atom stereocenters. The largest absolute Gasteiger partial charge is 0.342 e. The van der Waals surface area contributed by atoms with Crippen molar-refractivity contribution >= 4 is 17.1 Å². The van der Waals surface area contributed by atoms with E-state index in [1.807, 2.05) is 44.6 Å². The summed E-state index contributed by atoms with van der Waals surface area (Å²) < 4.78 is 7.39. The van der Waals surface area contributed by atoms with Crippen LogP contribution in [0.5, 0.6) is 0 Å². The normalized spacial score (nSPS) is 15.7. The number of benzene rings is 1. The van der Waals surface area contributed by atoms with Crippen LogP contribution < -0.4 is 5.32 Å². The van der Waals surface area contributed by atoms with Crippen molar-refractivity contribution in [1.82, 2.24) is 40.2 Å². The Morgan fingerprint density at radius 1 is 1.14 bits per heavy atom. The molecule has 0 aliphatic heterocycles. The predicted molar refractivity (Wildman–Crippen MR) is 161 cm³/mol. The molecule has 0 radical (unpaired) electrons. The van der Waals surface area contributed by atoms with Crippen LogP contribution in [-0.2, 0) is 11.8 Å². The molecule has 5 aromatic rings. The molecule has 1 aliphatic rings. The summed E-state index contributed by atoms with van der Waals surface area (Å²) in [4.78, 5) is 30.5. The van der Waals surface area contributed by atoms with Crippen LogP contribution >= 0.6 is 0 Å². The third-order valence-electron chi connectivity index (χ3n) is 8.03. The Balaban J connectivity index is 1.32. The topological polar surface area (TPSA) is 127 Å². The van der Waals surface area contributed by atoms with Gasteiger partial charge < -0.3 is 14.8 Å². The fourth-order valence-corrected chi connectivity index (χ4v) is 5.91. The van der Waals surface area contributed by atoms with Crippen molar-refractivity contribution in [1.29, 1.82) is 0 Å². The second kappa shape index (κ2) is 10.5. The highest BCUT2D eigenvalue weighted by Crippen LogP contribution is 2.35. The maximum absolute atomic E-state index is 13.1. The van der Waals surface area contributed by atoms with Crippen molar-refractivity contribution in [2.75, 3.05) is 0 Å². The zero-order valence-corrected chi connectivity index (χ0v) is 25.4. The Hall–Kier alpha value is -4.34. The number of hydrogen-bond donors (Lipinski definition) is 2. The van der Waals surface area contributed by atoms with Gasteiger partial charge in [0.1, 0.15) is 11.3 Å². The van der Waals surface area contributed by atoms with E-state index < -0.39 is 0 Å². The molecule has 218 valence electrons. The smallest absolute Gasteiger partial charge is 0.293 e. The second-order valence-electron chi connectivity index (χ2n) is 12.6. The molecule has 4 heterocycles. The number of fused-ring (bicyclic) bond motifs is 2. The number of H-pyrrole nitrogens is 1. The van der Waals surface area contributed by atoms with Gasteiger partial charge in [0.2, 0.25) is 5.89 Å². The van der Waals surface area contributed by atoms with Crippen molar-refractivity contribution < 1.29 is 9.32 Å². The summed E-state index contributed by atoms with van der Waals surface area (Å²) in [6.45, 7) is 14.3. The lowest BCUT2D eigenvalue weighted by molar-refractivity contribution is 0.0921. The first-order valence-corrected chi connectivity index (χ1v) is 14.7. The van der Waals surface area contributed by atoms with Crippen molar-refractivity contribution in [2.45, 2.75) is 91.6 Å². The van der Waals surface area contributed by atoms with Gasteiger partial charge in [-0.2, -0.15) is 10.1 Å². The first kappa shape index (κ1) is 27.8. The van der Waals surface area contributed by atoms with Gasteiger partial charge in [-0.05, 0) is 69.7 Å². The number of aromatic amines is 1. The van der Waals surface area contributed by atoms with E-state index in [2.05, 4.69) is 64.4 Å². The fraction of sp³-hybridized carbons (Fsp3) is 0.438. The van der Waals surface area contributed by atoms with Gasteiger partial charge in [-0.1, -0.05) is 50.5 Å². The van der Waals surface area contributed by atoms with Gasteiger partial charge in [-0.25, -0.2) is 9.97 Å². The quantitative estimate of drug-likeness (QED) is 0.231. The lowest BCUT2D eigenvalue weighted by Crippen LogP contribution is -2.29. The number of aromatic nitrogens is 7. The van der Waals surface area contributed by atoms with Gasteiger partial charge in [0.25, 0.3) is 11.7 Å². The molecule has 1 atom stereocenters. The first-order chi connectivity index (χ1) is 20.0. The summed E-state index contributed by atoms with van der Waals surface area (Å²) in [5, 5.41) is 11.8. The number of hydrogen-bond acceptors (Lipinski definition) is 7. The summed E-state index contributed by atoms with van der Waals surface area (Å²) in [5.74, 6) is 0.978. The molecule has 10 heteroatoms. The van der Waals surface area contributed by atoms with Gasteiger partial charge in [0.15, 0.2) is 5.65 Å². The lowest BCUT2D eigenvalue weighted by atomic mass is 9.94. The molecule has 1 aromatic carbocycles. The molecule has 0 saturated carbocycles. The summed E-state index contributed by atoms with van der Waals surface area (Å²) >= 11 is 0. The zero-order chi connectivity index (χ0) is 29.8. The number of rotatable bonds is 5. The molecule has 2 N–H and O–H groups in total. The van der Waals surface area contributed by atoms with Gasteiger partial charge in [-0.3, -0.25) is 9.48 Å². The zero-order valence-electron chi connectivity index (χ0n) is 25.4. The average Bonchev–Trinajstić information content (AvgIpc) is 3.64. The highest BCUT2D eigenvalue weighted by molar-refractivity contribution is 5.92. The number of aryl methyl sites for hydroxylation is 2. The molecule has 6 rings (SSSR count). The summed E-state index contributed by atoms with van der Waals surface area (Å²) in [7, 11) is 0. The van der Waals surface area contributed by atoms with Gasteiger partial charge in [-0.15, -0.1) is 0 Å². The second-order valence-corrected chi connectivity index (χ2v) is 12.6. The Morgan fingerprint density at radius 3 is 2.67 bits per heavy atom. The summed E-state index contributed by atoms with van der Waals surface area (Å²) in [6, 6.07) is 8.65. The van der Waals surface area contributed by atoms with E-state index in [1.165, 1.54) is 5.56 Å². The molecule has 42 heavy (non-hydrogen) atoms. The molecule has 0 bridgehead atoms. The molecular formula is C32H38N8O2. The Bertz CT molecular complexity index is 1790. The molecule has 0 spiro atoms. The van der Waals surface area contributed by atoms with E-state index in [1.54, 1.807) is 0 Å². The van der Waals surface area contributed by atoms with Crippen LogP contribution in [0.1, 0.15) is 105 Å². The standard InChI is InChI=1S/C32H38N8O2/c1-17(2)40-19(4)25(18(3)38-40)27-35-26-23(14-15-33-28(26)36-27)21-12-13-22-20(16-21)10-8-9-11-24(22)34-30(41)29-37-31(42-39-29)32(5,6)7/h12-17,24H,8-11H2,1-7H3,(H,34,41)(H,33,35,36)/t24-/m0/s1. The van der Waals surface area contributed by atoms with Crippen molar-refractivity contribution in [2.24, 2.45) is 0 Å². The number of imidazole rings is 1. The van der Waals surface area contributed by atoms with E-state index in [0.717, 1.165) is 76.3 Å². The van der Waals surface area contributed by atoms with Crippen molar-refractivity contribution in [3.05, 3.63) is 64.7 Å². The number of pyridine rings is 1.